The van der Waals surface area contributed by atoms with E-state index in [0.717, 1.165) is 0 Å². The number of ether oxygens (including phenoxy) is 1. The minimum Gasteiger partial charge on any atom is -0.478 e. The first kappa shape index (κ1) is 15.3. The van der Waals surface area contributed by atoms with Crippen LogP contribution in [0, 0.1) is 0 Å². The molecular formula is C12H16N2O4S. The summed E-state index contributed by atoms with van der Waals surface area (Å²) in [7, 11) is 6.77. The van der Waals surface area contributed by atoms with Crippen molar-refractivity contribution in [2.75, 3.05) is 32.6 Å². The van der Waals surface area contributed by atoms with Gasteiger partial charge in [-0.1, -0.05) is 0 Å². The maximum Gasteiger partial charge on any atom is 0.337 e. The standard InChI is InChI=1S/C12H16N2O4S/c1-13(2)19-14(3)10-6-8(11(15)16)5-9(7-10)12(17)18-4/h5-7H,1-4H3,(H,15,16). The van der Waals surface area contributed by atoms with Gasteiger partial charge in [-0.25, -0.2) is 13.9 Å². The monoisotopic (exact) mass is 284 g/mol. The molecule has 0 aliphatic heterocycles. The number of carbonyl (C=O) groups excluding carboxylic acids is 1. The summed E-state index contributed by atoms with van der Waals surface area (Å²) in [6.07, 6.45) is 0. The summed E-state index contributed by atoms with van der Waals surface area (Å²) in [5.41, 5.74) is 0.867. The lowest BCUT2D eigenvalue weighted by atomic mass is 10.1. The van der Waals surface area contributed by atoms with Gasteiger partial charge in [0.05, 0.1) is 18.2 Å². The highest BCUT2D eigenvalue weighted by molar-refractivity contribution is 7.98. The van der Waals surface area contributed by atoms with E-state index in [0.29, 0.717) is 5.69 Å². The molecule has 1 aromatic rings. The van der Waals surface area contributed by atoms with Gasteiger partial charge in [0.25, 0.3) is 0 Å². The fourth-order valence-electron chi connectivity index (χ4n) is 1.44. The molecule has 0 heterocycles. The van der Waals surface area contributed by atoms with Gasteiger partial charge in [0, 0.05) is 24.9 Å². The van der Waals surface area contributed by atoms with Crippen molar-refractivity contribution < 1.29 is 19.4 Å². The van der Waals surface area contributed by atoms with Gasteiger partial charge < -0.3 is 14.1 Å². The van der Waals surface area contributed by atoms with E-state index in [1.807, 2.05) is 18.4 Å². The molecule has 6 nitrogen and oxygen atoms in total. The minimum atomic E-state index is -1.09. The van der Waals surface area contributed by atoms with Crippen LogP contribution in [0.4, 0.5) is 5.69 Å². The second-order valence-corrected chi connectivity index (χ2v) is 5.40. The summed E-state index contributed by atoms with van der Waals surface area (Å²) >= 11 is 1.38. The Labute approximate surface area is 116 Å². The van der Waals surface area contributed by atoms with Gasteiger partial charge in [-0.15, -0.1) is 0 Å². The van der Waals surface area contributed by atoms with E-state index in [2.05, 4.69) is 4.74 Å². The molecule has 0 unspecified atom stereocenters. The van der Waals surface area contributed by atoms with Gasteiger partial charge in [0.1, 0.15) is 0 Å². The lowest BCUT2D eigenvalue weighted by molar-refractivity contribution is 0.0601. The van der Waals surface area contributed by atoms with Crippen LogP contribution in [0.1, 0.15) is 20.7 Å². The summed E-state index contributed by atoms with van der Waals surface area (Å²) < 4.78 is 8.23. The van der Waals surface area contributed by atoms with Crippen molar-refractivity contribution in [3.8, 4) is 0 Å². The Morgan fingerprint density at radius 1 is 1.16 bits per heavy atom. The summed E-state index contributed by atoms with van der Waals surface area (Å²) in [6.45, 7) is 0. The average molecular weight is 284 g/mol. The van der Waals surface area contributed by atoms with Crippen LogP contribution in [0.5, 0.6) is 0 Å². The van der Waals surface area contributed by atoms with Crippen LogP contribution >= 0.6 is 12.1 Å². The van der Waals surface area contributed by atoms with E-state index in [1.54, 1.807) is 17.4 Å². The van der Waals surface area contributed by atoms with Gasteiger partial charge in [-0.2, -0.15) is 0 Å². The van der Waals surface area contributed by atoms with Crippen molar-refractivity contribution in [1.29, 1.82) is 0 Å². The smallest absolute Gasteiger partial charge is 0.337 e. The predicted octanol–water partition coefficient (Wildman–Crippen LogP) is 1.73. The van der Waals surface area contributed by atoms with E-state index in [-0.39, 0.29) is 11.1 Å². The molecule has 0 saturated carbocycles. The van der Waals surface area contributed by atoms with Gasteiger partial charge >= 0.3 is 11.9 Å². The van der Waals surface area contributed by atoms with Gasteiger partial charge in [0.2, 0.25) is 0 Å². The molecule has 0 amide bonds. The van der Waals surface area contributed by atoms with E-state index in [1.165, 1.54) is 31.4 Å². The van der Waals surface area contributed by atoms with Crippen LogP contribution in [0.3, 0.4) is 0 Å². The van der Waals surface area contributed by atoms with Crippen LogP contribution in [-0.2, 0) is 4.74 Å². The lowest BCUT2D eigenvalue weighted by Gasteiger charge is -2.22. The van der Waals surface area contributed by atoms with Gasteiger partial charge in [0.15, 0.2) is 0 Å². The van der Waals surface area contributed by atoms with Crippen molar-refractivity contribution >= 4 is 29.8 Å². The van der Waals surface area contributed by atoms with Crippen molar-refractivity contribution in [2.24, 2.45) is 0 Å². The van der Waals surface area contributed by atoms with Gasteiger partial charge in [-0.3, -0.25) is 0 Å². The second-order valence-electron chi connectivity index (χ2n) is 3.96. The molecule has 19 heavy (non-hydrogen) atoms. The highest BCUT2D eigenvalue weighted by atomic mass is 32.2. The van der Waals surface area contributed by atoms with Crippen molar-refractivity contribution in [1.82, 2.24) is 4.31 Å². The number of nitrogens with zero attached hydrogens (tertiary/aromatic N) is 2. The Balaban J connectivity index is 3.20. The number of esters is 1. The van der Waals surface area contributed by atoms with Crippen molar-refractivity contribution in [3.05, 3.63) is 29.3 Å². The molecule has 1 N–H and O–H groups in total. The highest BCUT2D eigenvalue weighted by Crippen LogP contribution is 2.25. The SMILES string of the molecule is COC(=O)c1cc(C(=O)O)cc(N(C)SN(C)C)c1. The summed E-state index contributed by atoms with van der Waals surface area (Å²) in [6, 6.07) is 4.39. The molecule has 0 aliphatic carbocycles. The number of aromatic carboxylic acids is 1. The first-order valence-electron chi connectivity index (χ1n) is 5.41. The number of rotatable bonds is 5. The summed E-state index contributed by atoms with van der Waals surface area (Å²) in [5.74, 6) is -1.65. The first-order chi connectivity index (χ1) is 8.85. The van der Waals surface area contributed by atoms with Crippen LogP contribution in [0.15, 0.2) is 18.2 Å². The minimum absolute atomic E-state index is 0.0455. The number of carboxylic acid groups (broad SMARTS) is 1. The third kappa shape index (κ3) is 4.15. The zero-order valence-corrected chi connectivity index (χ0v) is 12.0. The number of carboxylic acids is 1. The third-order valence-electron chi connectivity index (χ3n) is 2.24. The number of anilines is 1. The Hall–Kier alpha value is -1.73. The molecule has 0 bridgehead atoms. The van der Waals surface area contributed by atoms with Crippen molar-refractivity contribution in [2.45, 2.75) is 0 Å². The number of hydrogen-bond acceptors (Lipinski definition) is 6. The average Bonchev–Trinajstić information content (AvgIpc) is 2.36. The fraction of sp³-hybridized carbons (Fsp3) is 0.333. The Kier molecular flexibility index (Phi) is 5.20. The molecule has 0 saturated heterocycles. The molecule has 104 valence electrons. The number of methoxy groups -OCH3 is 1. The molecule has 7 heteroatoms. The normalized spacial score (nSPS) is 10.4. The van der Waals surface area contributed by atoms with Crippen molar-refractivity contribution in [3.63, 3.8) is 0 Å². The Bertz CT molecular complexity index is 491. The molecule has 0 fully saturated rings. The van der Waals surface area contributed by atoms with E-state index in [4.69, 9.17) is 5.11 Å². The predicted molar refractivity (Wildman–Crippen MR) is 74.4 cm³/mol. The third-order valence-corrected chi connectivity index (χ3v) is 3.02. The summed E-state index contributed by atoms with van der Waals surface area (Å²) in [5, 5.41) is 9.06. The zero-order chi connectivity index (χ0) is 14.6. The molecule has 1 aromatic carbocycles. The second kappa shape index (κ2) is 6.44. The molecular weight excluding hydrogens is 268 g/mol. The van der Waals surface area contributed by atoms with E-state index >= 15 is 0 Å². The fourth-order valence-corrected chi connectivity index (χ4v) is 2.13. The van der Waals surface area contributed by atoms with E-state index in [9.17, 15) is 9.59 Å². The molecule has 0 radical (unpaired) electrons. The topological polar surface area (TPSA) is 70.1 Å². The first-order valence-corrected chi connectivity index (χ1v) is 6.14. The Morgan fingerprint density at radius 2 is 1.74 bits per heavy atom. The van der Waals surface area contributed by atoms with E-state index < -0.39 is 11.9 Å². The number of benzene rings is 1. The summed E-state index contributed by atoms with van der Waals surface area (Å²) in [4.78, 5) is 22.6. The van der Waals surface area contributed by atoms with Crippen LogP contribution in [0.2, 0.25) is 0 Å². The largest absolute Gasteiger partial charge is 0.478 e. The molecule has 0 aromatic heterocycles. The molecule has 0 atom stereocenters. The number of hydrogen-bond donors (Lipinski definition) is 1. The molecule has 0 aliphatic rings. The maximum absolute atomic E-state index is 11.5. The lowest BCUT2D eigenvalue weighted by Crippen LogP contribution is -2.16. The van der Waals surface area contributed by atoms with Crippen LogP contribution in [0.25, 0.3) is 0 Å². The van der Waals surface area contributed by atoms with Crippen LogP contribution < -0.4 is 4.31 Å². The van der Waals surface area contributed by atoms with Crippen LogP contribution in [-0.4, -0.2) is 49.6 Å². The molecule has 0 spiro atoms. The maximum atomic E-state index is 11.5. The Morgan fingerprint density at radius 3 is 2.21 bits per heavy atom. The van der Waals surface area contributed by atoms with Gasteiger partial charge in [-0.05, 0) is 32.3 Å². The quantitative estimate of drug-likeness (QED) is 0.652. The zero-order valence-electron chi connectivity index (χ0n) is 11.2. The molecule has 1 rings (SSSR count). The number of carbonyl (C=O) groups is 2. The highest BCUT2D eigenvalue weighted by Gasteiger charge is 2.15.